The summed E-state index contributed by atoms with van der Waals surface area (Å²) in [6, 6.07) is 3.90. The van der Waals surface area contributed by atoms with Gasteiger partial charge in [-0.2, -0.15) is 0 Å². The Bertz CT molecular complexity index is 601. The van der Waals surface area contributed by atoms with Crippen LogP contribution in [-0.2, 0) is 9.84 Å². The maximum absolute atomic E-state index is 13.0. The molecule has 1 saturated heterocycles. The molecule has 1 amide bonds. The monoisotopic (exact) mass is 303 g/mol. The molecule has 0 radical (unpaired) electrons. The molecule has 104 valence electrons. The van der Waals surface area contributed by atoms with Crippen molar-refractivity contribution in [2.75, 3.05) is 18.1 Å². The molecule has 1 fully saturated rings. The third kappa shape index (κ3) is 3.70. The Morgan fingerprint density at radius 1 is 1.47 bits per heavy atom. The summed E-state index contributed by atoms with van der Waals surface area (Å²) < 4.78 is 35.6. The van der Waals surface area contributed by atoms with Crippen LogP contribution in [0.15, 0.2) is 23.1 Å². The molecule has 1 aliphatic heterocycles. The Balaban J connectivity index is 1.93. The predicted octanol–water partition coefficient (Wildman–Crippen LogP) is 1.28. The van der Waals surface area contributed by atoms with Crippen molar-refractivity contribution in [2.45, 2.75) is 11.3 Å². The number of rotatable bonds is 3. The summed E-state index contributed by atoms with van der Waals surface area (Å²) in [6.45, 7) is 0.317. The normalized spacial score (nSPS) is 21.3. The van der Waals surface area contributed by atoms with Crippen LogP contribution < -0.4 is 5.32 Å². The average molecular weight is 303 g/mol. The van der Waals surface area contributed by atoms with E-state index in [1.807, 2.05) is 0 Å². The van der Waals surface area contributed by atoms with E-state index in [1.54, 1.807) is 0 Å². The van der Waals surface area contributed by atoms with Crippen LogP contribution in [0.3, 0.4) is 0 Å². The lowest BCUT2D eigenvalue weighted by atomic mass is 10.1. The number of amides is 1. The van der Waals surface area contributed by atoms with Gasteiger partial charge in [-0.3, -0.25) is 4.79 Å². The first-order valence-electron chi connectivity index (χ1n) is 5.84. The fraction of sp³-hybridized carbons (Fsp3) is 0.417. The van der Waals surface area contributed by atoms with E-state index in [0.717, 1.165) is 0 Å². The largest absolute Gasteiger partial charge is 0.352 e. The molecule has 1 aromatic rings. The Hall–Kier alpha value is -1.08. The molecule has 1 aliphatic rings. The number of carbonyl (C=O) groups excluding carboxylic acids is 1. The van der Waals surface area contributed by atoms with Gasteiger partial charge < -0.3 is 5.32 Å². The van der Waals surface area contributed by atoms with Crippen molar-refractivity contribution < 1.29 is 17.6 Å². The first-order chi connectivity index (χ1) is 8.87. The standard InChI is InChI=1S/C12H14FNO3S2/c13-10-2-1-9(5-11(10)18)12(15)14-6-8-3-4-19(16,17)7-8/h1-2,5,8,18H,3-4,6-7H2,(H,14,15). The lowest BCUT2D eigenvalue weighted by Crippen LogP contribution is -2.29. The van der Waals surface area contributed by atoms with Gasteiger partial charge in [0.15, 0.2) is 9.84 Å². The molecule has 1 unspecified atom stereocenters. The van der Waals surface area contributed by atoms with Gasteiger partial charge in [-0.1, -0.05) is 0 Å². The van der Waals surface area contributed by atoms with E-state index in [2.05, 4.69) is 17.9 Å². The summed E-state index contributed by atoms with van der Waals surface area (Å²) in [7, 11) is -2.93. The van der Waals surface area contributed by atoms with Crippen molar-refractivity contribution in [3.63, 3.8) is 0 Å². The van der Waals surface area contributed by atoms with Gasteiger partial charge in [0.2, 0.25) is 0 Å². The number of carbonyl (C=O) groups is 1. The molecule has 0 spiro atoms. The topological polar surface area (TPSA) is 63.2 Å². The van der Waals surface area contributed by atoms with Crippen molar-refractivity contribution >= 4 is 28.4 Å². The number of hydrogen-bond donors (Lipinski definition) is 2. The summed E-state index contributed by atoms with van der Waals surface area (Å²) in [5.74, 6) is -0.564. The van der Waals surface area contributed by atoms with Crippen molar-refractivity contribution in [2.24, 2.45) is 5.92 Å². The number of nitrogens with one attached hydrogen (secondary N) is 1. The van der Waals surface area contributed by atoms with Gasteiger partial charge in [0, 0.05) is 17.0 Å². The maximum Gasteiger partial charge on any atom is 0.251 e. The molecule has 1 aromatic carbocycles. The zero-order valence-electron chi connectivity index (χ0n) is 10.1. The fourth-order valence-corrected chi connectivity index (χ4v) is 4.10. The molecule has 1 atom stereocenters. The Morgan fingerprint density at radius 2 is 2.21 bits per heavy atom. The van der Waals surface area contributed by atoms with Gasteiger partial charge >= 0.3 is 0 Å². The highest BCUT2D eigenvalue weighted by atomic mass is 32.2. The van der Waals surface area contributed by atoms with Crippen molar-refractivity contribution in [3.05, 3.63) is 29.6 Å². The van der Waals surface area contributed by atoms with E-state index < -0.39 is 15.7 Å². The van der Waals surface area contributed by atoms with Gasteiger partial charge in [0.05, 0.1) is 11.5 Å². The average Bonchev–Trinajstić information content (AvgIpc) is 2.69. The van der Waals surface area contributed by atoms with Crippen LogP contribution in [0, 0.1) is 11.7 Å². The Kier molecular flexibility index (Phi) is 4.15. The zero-order chi connectivity index (χ0) is 14.0. The summed E-state index contributed by atoms with van der Waals surface area (Å²) in [4.78, 5) is 11.9. The lowest BCUT2D eigenvalue weighted by Gasteiger charge is -2.10. The minimum atomic E-state index is -2.93. The minimum absolute atomic E-state index is 0.0372. The Morgan fingerprint density at radius 3 is 2.79 bits per heavy atom. The molecular weight excluding hydrogens is 289 g/mol. The first-order valence-corrected chi connectivity index (χ1v) is 8.11. The second kappa shape index (κ2) is 5.50. The number of hydrogen-bond acceptors (Lipinski definition) is 4. The van der Waals surface area contributed by atoms with Crippen LogP contribution >= 0.6 is 12.6 Å². The summed E-state index contributed by atoms with van der Waals surface area (Å²) in [5, 5.41) is 2.67. The van der Waals surface area contributed by atoms with Crippen LogP contribution in [0.1, 0.15) is 16.8 Å². The third-order valence-corrected chi connectivity index (χ3v) is 5.27. The Labute approximate surface area is 116 Å². The SMILES string of the molecule is O=C(NCC1CCS(=O)(=O)C1)c1ccc(F)c(S)c1. The predicted molar refractivity (Wildman–Crippen MR) is 72.7 cm³/mol. The molecule has 19 heavy (non-hydrogen) atoms. The van der Waals surface area contributed by atoms with Gasteiger partial charge in [0.25, 0.3) is 5.91 Å². The van der Waals surface area contributed by atoms with Crippen LogP contribution in [0.5, 0.6) is 0 Å². The molecule has 7 heteroatoms. The maximum atomic E-state index is 13.0. The summed E-state index contributed by atoms with van der Waals surface area (Å²) in [6.07, 6.45) is 0.573. The van der Waals surface area contributed by atoms with Crippen LogP contribution in [0.2, 0.25) is 0 Å². The zero-order valence-corrected chi connectivity index (χ0v) is 11.8. The first kappa shape index (κ1) is 14.3. The number of benzene rings is 1. The number of sulfone groups is 1. The smallest absolute Gasteiger partial charge is 0.251 e. The summed E-state index contributed by atoms with van der Waals surface area (Å²) >= 11 is 3.91. The number of thiol groups is 1. The molecule has 0 aliphatic carbocycles. The van der Waals surface area contributed by atoms with Crippen molar-refractivity contribution in [1.82, 2.24) is 5.32 Å². The van der Waals surface area contributed by atoms with Gasteiger partial charge in [0.1, 0.15) is 5.82 Å². The molecule has 0 aromatic heterocycles. The van der Waals surface area contributed by atoms with E-state index in [4.69, 9.17) is 0 Å². The highest BCUT2D eigenvalue weighted by Crippen LogP contribution is 2.18. The number of halogens is 1. The van der Waals surface area contributed by atoms with E-state index in [-0.39, 0.29) is 28.2 Å². The van der Waals surface area contributed by atoms with Crippen LogP contribution in [-0.4, -0.2) is 32.4 Å². The fourth-order valence-electron chi connectivity index (χ4n) is 2.03. The molecule has 4 nitrogen and oxygen atoms in total. The van der Waals surface area contributed by atoms with E-state index in [0.29, 0.717) is 18.5 Å². The van der Waals surface area contributed by atoms with Crippen molar-refractivity contribution in [1.29, 1.82) is 0 Å². The van der Waals surface area contributed by atoms with Gasteiger partial charge in [-0.15, -0.1) is 12.6 Å². The molecule has 1 heterocycles. The second-order valence-corrected chi connectivity index (χ2v) is 7.36. The highest BCUT2D eigenvalue weighted by molar-refractivity contribution is 7.91. The molecule has 2 rings (SSSR count). The van der Waals surface area contributed by atoms with Crippen LogP contribution in [0.25, 0.3) is 0 Å². The highest BCUT2D eigenvalue weighted by Gasteiger charge is 2.27. The quantitative estimate of drug-likeness (QED) is 0.827. The third-order valence-electron chi connectivity index (χ3n) is 3.09. The molecular formula is C12H14FNO3S2. The van der Waals surface area contributed by atoms with Crippen molar-refractivity contribution in [3.8, 4) is 0 Å². The minimum Gasteiger partial charge on any atom is -0.352 e. The van der Waals surface area contributed by atoms with Gasteiger partial charge in [-0.25, -0.2) is 12.8 Å². The van der Waals surface area contributed by atoms with E-state index in [1.165, 1.54) is 18.2 Å². The van der Waals surface area contributed by atoms with E-state index in [9.17, 15) is 17.6 Å². The molecule has 1 N–H and O–H groups in total. The van der Waals surface area contributed by atoms with Crippen LogP contribution in [0.4, 0.5) is 4.39 Å². The summed E-state index contributed by atoms with van der Waals surface area (Å²) in [5.41, 5.74) is 0.312. The van der Waals surface area contributed by atoms with E-state index >= 15 is 0 Å². The molecule has 0 saturated carbocycles. The van der Waals surface area contributed by atoms with Gasteiger partial charge in [-0.05, 0) is 30.5 Å². The lowest BCUT2D eigenvalue weighted by molar-refractivity contribution is 0.0948. The second-order valence-electron chi connectivity index (χ2n) is 4.65. The molecule has 0 bridgehead atoms.